The first-order valence-electron chi connectivity index (χ1n) is 21.4. The van der Waals surface area contributed by atoms with Gasteiger partial charge in [0.1, 0.15) is 6.61 Å². The van der Waals surface area contributed by atoms with Gasteiger partial charge in [-0.2, -0.15) is 0 Å². The number of carbonyl (C=O) groups is 2. The van der Waals surface area contributed by atoms with Crippen LogP contribution in [0.15, 0.2) is 72.9 Å². The Balaban J connectivity index is 4.28. The summed E-state index contributed by atoms with van der Waals surface area (Å²) in [4.78, 5) is 34.8. The van der Waals surface area contributed by atoms with Gasteiger partial charge in [-0.1, -0.05) is 157 Å². The number of hydrogen-bond donors (Lipinski definition) is 2. The lowest BCUT2D eigenvalue weighted by atomic mass is 10.1. The summed E-state index contributed by atoms with van der Waals surface area (Å²) >= 11 is 0. The molecule has 0 saturated carbocycles. The number of nitrogens with two attached hydrogens (primary N) is 1. The molecule has 0 aliphatic carbocycles. The van der Waals surface area contributed by atoms with E-state index in [-0.39, 0.29) is 32.6 Å². The van der Waals surface area contributed by atoms with Gasteiger partial charge in [0.05, 0.1) is 13.2 Å². The third-order valence-electron chi connectivity index (χ3n) is 8.59. The van der Waals surface area contributed by atoms with E-state index in [0.29, 0.717) is 12.8 Å². The number of phosphoric ester groups is 1. The number of phosphoric acid groups is 1. The fraction of sp³-hybridized carbons (Fsp3) is 0.689. The molecule has 55 heavy (non-hydrogen) atoms. The Bertz CT molecular complexity index is 1130. The highest BCUT2D eigenvalue weighted by Gasteiger charge is 2.25. The van der Waals surface area contributed by atoms with Crippen LogP contribution in [0.5, 0.6) is 0 Å². The van der Waals surface area contributed by atoms with Crippen molar-refractivity contribution in [3.63, 3.8) is 0 Å². The number of hydrogen-bond acceptors (Lipinski definition) is 8. The average Bonchev–Trinajstić information content (AvgIpc) is 3.17. The van der Waals surface area contributed by atoms with Crippen LogP contribution in [0.1, 0.15) is 168 Å². The van der Waals surface area contributed by atoms with Crippen LogP contribution in [0.3, 0.4) is 0 Å². The zero-order chi connectivity index (χ0) is 40.3. The summed E-state index contributed by atoms with van der Waals surface area (Å²) < 4.78 is 32.7. The van der Waals surface area contributed by atoms with Crippen molar-refractivity contribution >= 4 is 19.8 Å². The molecule has 0 aromatic heterocycles. The second kappa shape index (κ2) is 41.1. The average molecular weight is 792 g/mol. The van der Waals surface area contributed by atoms with E-state index in [1.165, 1.54) is 64.2 Å². The highest BCUT2D eigenvalue weighted by Crippen LogP contribution is 2.43. The number of ether oxygens (including phenoxy) is 2. The van der Waals surface area contributed by atoms with Crippen LogP contribution >= 0.6 is 7.82 Å². The maximum Gasteiger partial charge on any atom is 0.472 e. The monoisotopic (exact) mass is 792 g/mol. The lowest BCUT2D eigenvalue weighted by molar-refractivity contribution is -0.161. The fourth-order valence-corrected chi connectivity index (χ4v) is 6.21. The fourth-order valence-electron chi connectivity index (χ4n) is 5.44. The molecule has 0 saturated heterocycles. The van der Waals surface area contributed by atoms with Gasteiger partial charge in [0, 0.05) is 19.4 Å². The minimum absolute atomic E-state index is 0.0404. The Kier molecular flexibility index (Phi) is 39.2. The lowest BCUT2D eigenvalue weighted by Crippen LogP contribution is -2.29. The molecule has 0 fully saturated rings. The summed E-state index contributed by atoms with van der Waals surface area (Å²) in [6, 6.07) is 0. The molecule has 316 valence electrons. The molecule has 0 spiro atoms. The number of rotatable bonds is 39. The Morgan fingerprint density at radius 2 is 1.04 bits per heavy atom. The van der Waals surface area contributed by atoms with Gasteiger partial charge >= 0.3 is 19.8 Å². The number of esters is 2. The highest BCUT2D eigenvalue weighted by molar-refractivity contribution is 7.47. The first-order chi connectivity index (χ1) is 26.8. The second-order valence-electron chi connectivity index (χ2n) is 13.8. The van der Waals surface area contributed by atoms with Crippen LogP contribution in [0.2, 0.25) is 0 Å². The van der Waals surface area contributed by atoms with E-state index in [4.69, 9.17) is 24.3 Å². The number of allylic oxidation sites excluding steroid dienone is 12. The van der Waals surface area contributed by atoms with Crippen LogP contribution in [-0.4, -0.2) is 49.3 Å². The minimum Gasteiger partial charge on any atom is -0.462 e. The largest absolute Gasteiger partial charge is 0.472 e. The smallest absolute Gasteiger partial charge is 0.462 e. The molecule has 0 aromatic carbocycles. The van der Waals surface area contributed by atoms with E-state index >= 15 is 0 Å². The third kappa shape index (κ3) is 40.9. The van der Waals surface area contributed by atoms with Crippen molar-refractivity contribution in [1.82, 2.24) is 0 Å². The zero-order valence-corrected chi connectivity index (χ0v) is 35.5. The normalized spacial score (nSPS) is 14.0. The quantitative estimate of drug-likeness (QED) is 0.0270. The van der Waals surface area contributed by atoms with Gasteiger partial charge in [-0.3, -0.25) is 18.6 Å². The molecule has 0 rings (SSSR count). The molecule has 0 heterocycles. The molecular weight excluding hydrogens is 713 g/mol. The second-order valence-corrected chi connectivity index (χ2v) is 15.3. The molecule has 9 nitrogen and oxygen atoms in total. The van der Waals surface area contributed by atoms with Crippen LogP contribution in [0.4, 0.5) is 0 Å². The molecule has 0 aliphatic rings. The van der Waals surface area contributed by atoms with Crippen LogP contribution in [-0.2, 0) is 32.7 Å². The molecule has 0 amide bonds. The Hall–Kier alpha value is -2.55. The third-order valence-corrected chi connectivity index (χ3v) is 9.57. The van der Waals surface area contributed by atoms with Crippen LogP contribution in [0.25, 0.3) is 0 Å². The summed E-state index contributed by atoms with van der Waals surface area (Å²) in [6.07, 6.45) is 49.4. The lowest BCUT2D eigenvalue weighted by Gasteiger charge is -2.19. The standard InChI is InChI=1S/C45H78NO8P/c1-3-5-7-9-11-13-15-17-19-20-21-22-24-26-28-30-32-34-36-38-45(48)54-43(42-53-55(49,50)52-40-39-46)41-51-44(47)37-35-33-31-29-27-25-23-18-16-14-12-10-8-6-4-2/h5,7,11,13,17,19,21-22,26,28,31,33,43H,3-4,6,8-10,12,14-16,18,20,23-25,27,29-30,32,34-42,46H2,1-2H3,(H,49,50)/b7-5+,13-11+,19-17+,22-21+,28-26+,33-31+/t43-/m1/s1. The summed E-state index contributed by atoms with van der Waals surface area (Å²) in [7, 11) is -4.40. The van der Waals surface area contributed by atoms with Crippen molar-refractivity contribution in [3.05, 3.63) is 72.9 Å². The predicted octanol–water partition coefficient (Wildman–Crippen LogP) is 12.3. The van der Waals surface area contributed by atoms with E-state index in [1.807, 2.05) is 6.08 Å². The van der Waals surface area contributed by atoms with Crippen LogP contribution in [0, 0.1) is 0 Å². The van der Waals surface area contributed by atoms with Gasteiger partial charge in [0.2, 0.25) is 0 Å². The summed E-state index contributed by atoms with van der Waals surface area (Å²) in [5, 5.41) is 0. The van der Waals surface area contributed by atoms with Gasteiger partial charge < -0.3 is 20.1 Å². The maximum atomic E-state index is 12.6. The zero-order valence-electron chi connectivity index (χ0n) is 34.6. The molecule has 10 heteroatoms. The molecular formula is C45H78NO8P. The van der Waals surface area contributed by atoms with Gasteiger partial charge in [-0.25, -0.2) is 4.57 Å². The van der Waals surface area contributed by atoms with Crippen molar-refractivity contribution in [2.75, 3.05) is 26.4 Å². The van der Waals surface area contributed by atoms with Crippen molar-refractivity contribution in [2.24, 2.45) is 5.73 Å². The maximum absolute atomic E-state index is 12.6. The summed E-state index contributed by atoms with van der Waals surface area (Å²) in [5.41, 5.74) is 5.34. The van der Waals surface area contributed by atoms with Crippen molar-refractivity contribution in [2.45, 2.75) is 174 Å². The molecule has 1 unspecified atom stereocenters. The first kappa shape index (κ1) is 52.5. The molecule has 2 atom stereocenters. The first-order valence-corrected chi connectivity index (χ1v) is 22.9. The van der Waals surface area contributed by atoms with Gasteiger partial charge in [-0.05, 0) is 70.6 Å². The Labute approximate surface area is 335 Å². The Morgan fingerprint density at radius 1 is 0.564 bits per heavy atom. The van der Waals surface area contributed by atoms with Crippen molar-refractivity contribution in [1.29, 1.82) is 0 Å². The van der Waals surface area contributed by atoms with E-state index in [0.717, 1.165) is 64.2 Å². The van der Waals surface area contributed by atoms with Crippen LogP contribution < -0.4 is 5.73 Å². The minimum atomic E-state index is -4.40. The molecule has 0 radical (unpaired) electrons. The predicted molar refractivity (Wildman–Crippen MR) is 229 cm³/mol. The van der Waals surface area contributed by atoms with Crippen molar-refractivity contribution in [3.8, 4) is 0 Å². The van der Waals surface area contributed by atoms with Gasteiger partial charge in [-0.15, -0.1) is 0 Å². The van der Waals surface area contributed by atoms with E-state index in [2.05, 4.69) is 80.7 Å². The van der Waals surface area contributed by atoms with Gasteiger partial charge in [0.25, 0.3) is 0 Å². The Morgan fingerprint density at radius 3 is 1.58 bits per heavy atom. The molecule has 0 bridgehead atoms. The van der Waals surface area contributed by atoms with E-state index < -0.39 is 32.5 Å². The van der Waals surface area contributed by atoms with E-state index in [9.17, 15) is 19.0 Å². The topological polar surface area (TPSA) is 134 Å². The van der Waals surface area contributed by atoms with Gasteiger partial charge in [0.15, 0.2) is 6.10 Å². The number of carbonyl (C=O) groups excluding carboxylic acids is 2. The molecule has 0 aromatic rings. The molecule has 0 aliphatic heterocycles. The van der Waals surface area contributed by atoms with E-state index in [1.54, 1.807) is 0 Å². The highest BCUT2D eigenvalue weighted by atomic mass is 31.2. The summed E-state index contributed by atoms with van der Waals surface area (Å²) in [6.45, 7) is 3.52. The molecule has 3 N–H and O–H groups in total. The number of unbranched alkanes of at least 4 members (excludes halogenated alkanes) is 14. The van der Waals surface area contributed by atoms with Crippen molar-refractivity contribution < 1.29 is 37.6 Å². The summed E-state index contributed by atoms with van der Waals surface area (Å²) in [5.74, 6) is -0.928. The SMILES string of the molecule is CC/C=C/C/C=C/C/C=C/C/C=C/C/C=C/CCCCCC(=O)O[C@H](COC(=O)CC/C=C/CCCCCCCCCCCCC)COP(=O)(O)OCCN.